The van der Waals surface area contributed by atoms with E-state index >= 15 is 0 Å². The second kappa shape index (κ2) is 17.0. The zero-order valence-corrected chi connectivity index (χ0v) is 31.8. The van der Waals surface area contributed by atoms with Crippen LogP contribution < -0.4 is 10.6 Å². The van der Waals surface area contributed by atoms with Crippen LogP contribution >= 0.6 is 0 Å². The van der Waals surface area contributed by atoms with Crippen molar-refractivity contribution < 1.29 is 38.1 Å². The number of rotatable bonds is 11. The number of alkyl carbamates (subject to hydrolysis) is 2. The highest BCUT2D eigenvalue weighted by Crippen LogP contribution is 2.36. The molecule has 0 radical (unpaired) electrons. The molecule has 6 rings (SSSR count). The Labute approximate surface area is 315 Å². The number of hydrogen-bond acceptors (Lipinski definition) is 10. The number of nitrogens with one attached hydrogen (secondary N) is 4. The van der Waals surface area contributed by atoms with Crippen molar-refractivity contribution in [3.63, 3.8) is 0 Å². The van der Waals surface area contributed by atoms with Crippen LogP contribution in [0.4, 0.5) is 9.59 Å². The third-order valence-corrected chi connectivity index (χ3v) is 10.5. The van der Waals surface area contributed by atoms with Crippen molar-refractivity contribution in [1.82, 2.24) is 40.4 Å². The van der Waals surface area contributed by atoms with Crippen molar-refractivity contribution in [2.75, 3.05) is 40.5 Å². The number of amides is 4. The van der Waals surface area contributed by atoms with Crippen LogP contribution in [0.15, 0.2) is 36.7 Å². The summed E-state index contributed by atoms with van der Waals surface area (Å²) in [6.07, 6.45) is 4.98. The molecule has 4 N–H and O–H groups in total. The van der Waals surface area contributed by atoms with E-state index in [0.717, 1.165) is 48.2 Å². The number of imidazole rings is 2. The molecular formula is C38H52N8O8. The molecule has 4 amide bonds. The number of carbonyl (C=O) groups is 4. The number of benzene rings is 1. The zero-order valence-electron chi connectivity index (χ0n) is 31.8. The standard InChI is InChI=1S/C38H52N8O8/c1-21(2)30(43-37(49)51-5)34(47)45-15-7-9-28(45)32-39-17-26(41-32)23-11-13-24(14-12-23)36-53-19-25(20-54-36)27-18-40-33(42-27)29-10-8-16-46(29)35(48)31(22(3)4)44-38(50)52-6/h11-14,17-18,21-22,25,28-31,36H,7-10,15-16,19-20H2,1-6H3,(H,39,41)(H,40,42)(H,43,49)(H,44,50). The molecule has 292 valence electrons. The number of aromatic nitrogens is 4. The summed E-state index contributed by atoms with van der Waals surface area (Å²) >= 11 is 0. The topological polar surface area (TPSA) is 193 Å². The van der Waals surface area contributed by atoms with Crippen molar-refractivity contribution in [3.05, 3.63) is 59.6 Å². The van der Waals surface area contributed by atoms with Gasteiger partial charge in [-0.15, -0.1) is 0 Å². The van der Waals surface area contributed by atoms with Gasteiger partial charge in [-0.1, -0.05) is 52.0 Å². The Morgan fingerprint density at radius 2 is 1.26 bits per heavy atom. The molecule has 4 atom stereocenters. The molecule has 3 aromatic rings. The van der Waals surface area contributed by atoms with Crippen LogP contribution in [0.3, 0.4) is 0 Å². The first-order chi connectivity index (χ1) is 26.0. The fraction of sp³-hybridized carbons (Fsp3) is 0.579. The number of carbonyl (C=O) groups excluding carboxylic acids is 4. The molecule has 0 bridgehead atoms. The van der Waals surface area contributed by atoms with Gasteiger partial charge in [-0.25, -0.2) is 19.6 Å². The lowest BCUT2D eigenvalue weighted by Crippen LogP contribution is -2.51. The van der Waals surface area contributed by atoms with Crippen LogP contribution in [0, 0.1) is 11.8 Å². The van der Waals surface area contributed by atoms with Gasteiger partial charge in [0.15, 0.2) is 6.29 Å². The lowest BCUT2D eigenvalue weighted by Gasteiger charge is -2.30. The maximum atomic E-state index is 13.5. The average molecular weight is 749 g/mol. The van der Waals surface area contributed by atoms with E-state index in [2.05, 4.69) is 30.6 Å². The summed E-state index contributed by atoms with van der Waals surface area (Å²) in [5, 5.41) is 5.37. The number of nitrogens with zero attached hydrogens (tertiary/aromatic N) is 4. The van der Waals surface area contributed by atoms with Gasteiger partial charge in [0.05, 0.1) is 51.4 Å². The molecule has 0 saturated carbocycles. The molecular weight excluding hydrogens is 696 g/mol. The van der Waals surface area contributed by atoms with E-state index in [4.69, 9.17) is 18.9 Å². The maximum Gasteiger partial charge on any atom is 0.407 e. The molecule has 3 saturated heterocycles. The molecule has 1 aromatic carbocycles. The van der Waals surface area contributed by atoms with Crippen LogP contribution in [-0.4, -0.2) is 106 Å². The monoisotopic (exact) mass is 748 g/mol. The highest BCUT2D eigenvalue weighted by Gasteiger charge is 2.39. The van der Waals surface area contributed by atoms with E-state index in [-0.39, 0.29) is 41.7 Å². The van der Waals surface area contributed by atoms with Crippen molar-refractivity contribution in [1.29, 1.82) is 0 Å². The molecule has 0 spiro atoms. The molecule has 16 heteroatoms. The van der Waals surface area contributed by atoms with E-state index in [9.17, 15) is 19.2 Å². The minimum absolute atomic E-state index is 0.0609. The Morgan fingerprint density at radius 1 is 0.759 bits per heavy atom. The third-order valence-electron chi connectivity index (χ3n) is 10.5. The number of ether oxygens (including phenoxy) is 4. The van der Waals surface area contributed by atoms with E-state index in [0.29, 0.717) is 38.0 Å². The van der Waals surface area contributed by atoms with Gasteiger partial charge in [0.25, 0.3) is 0 Å². The Morgan fingerprint density at radius 3 is 1.76 bits per heavy atom. The van der Waals surface area contributed by atoms with Crippen LogP contribution in [0.25, 0.3) is 11.3 Å². The summed E-state index contributed by atoms with van der Waals surface area (Å²) < 4.78 is 21.8. The minimum Gasteiger partial charge on any atom is -0.453 e. The lowest BCUT2D eigenvalue weighted by molar-refractivity contribution is -0.192. The van der Waals surface area contributed by atoms with E-state index in [1.54, 1.807) is 22.2 Å². The van der Waals surface area contributed by atoms with Gasteiger partial charge in [0.2, 0.25) is 11.8 Å². The summed E-state index contributed by atoms with van der Waals surface area (Å²) in [7, 11) is 2.57. The summed E-state index contributed by atoms with van der Waals surface area (Å²) in [5.41, 5.74) is 3.52. The zero-order chi connectivity index (χ0) is 38.5. The first-order valence-corrected chi connectivity index (χ1v) is 18.7. The first-order valence-electron chi connectivity index (χ1n) is 18.7. The van der Waals surface area contributed by atoms with Crippen LogP contribution in [-0.2, 0) is 28.5 Å². The Hall–Kier alpha value is -4.96. The van der Waals surface area contributed by atoms with Crippen LogP contribution in [0.1, 0.15) is 101 Å². The van der Waals surface area contributed by atoms with Crippen molar-refractivity contribution >= 4 is 24.0 Å². The average Bonchev–Trinajstić information content (AvgIpc) is 4.02. The highest BCUT2D eigenvalue weighted by atomic mass is 16.7. The second-order valence-corrected chi connectivity index (χ2v) is 14.8. The van der Waals surface area contributed by atoms with Gasteiger partial charge in [-0.05, 0) is 43.1 Å². The summed E-state index contributed by atoms with van der Waals surface area (Å²) in [5.74, 6) is 0.822. The van der Waals surface area contributed by atoms with Gasteiger partial charge in [0.1, 0.15) is 23.7 Å². The third kappa shape index (κ3) is 8.39. The summed E-state index contributed by atoms with van der Waals surface area (Å²) in [4.78, 5) is 70.6. The first kappa shape index (κ1) is 38.8. The molecule has 16 nitrogen and oxygen atoms in total. The molecule has 3 aliphatic rings. The molecule has 5 heterocycles. The molecule has 3 fully saturated rings. The Bertz CT molecular complexity index is 1770. The van der Waals surface area contributed by atoms with Crippen molar-refractivity contribution in [2.24, 2.45) is 11.8 Å². The van der Waals surface area contributed by atoms with Crippen molar-refractivity contribution in [2.45, 2.75) is 89.8 Å². The van der Waals surface area contributed by atoms with Gasteiger partial charge in [-0.3, -0.25) is 9.59 Å². The number of methoxy groups -OCH3 is 2. The van der Waals surface area contributed by atoms with E-state index < -0.39 is 30.6 Å². The predicted octanol–water partition coefficient (Wildman–Crippen LogP) is 4.72. The SMILES string of the molecule is COC(=O)NC(C(=O)N1CCCC1c1ncc(-c2ccc(C3OCC(c4cnc(C5CCCN5C(=O)C(NC(=O)OC)C(C)C)[nH]4)CO3)cc2)[nH]1)C(C)C. The van der Waals surface area contributed by atoms with Crippen LogP contribution in [0.5, 0.6) is 0 Å². The smallest absolute Gasteiger partial charge is 0.407 e. The molecule has 0 aliphatic carbocycles. The van der Waals surface area contributed by atoms with Crippen LogP contribution in [0.2, 0.25) is 0 Å². The quantitative estimate of drug-likeness (QED) is 0.213. The van der Waals surface area contributed by atoms with Gasteiger partial charge in [0, 0.05) is 36.5 Å². The van der Waals surface area contributed by atoms with Gasteiger partial charge < -0.3 is 49.3 Å². The Kier molecular flexibility index (Phi) is 12.2. The molecule has 4 unspecified atom stereocenters. The Balaban J connectivity index is 1.04. The normalized spacial score (nSPS) is 22.7. The number of likely N-dealkylation sites (tertiary alicyclic amines) is 2. The van der Waals surface area contributed by atoms with Gasteiger partial charge >= 0.3 is 12.2 Å². The largest absolute Gasteiger partial charge is 0.453 e. The molecule has 3 aliphatic heterocycles. The summed E-state index contributed by atoms with van der Waals surface area (Å²) in [6.45, 7) is 9.58. The number of aromatic amines is 2. The maximum absolute atomic E-state index is 13.5. The van der Waals surface area contributed by atoms with E-state index in [1.807, 2.05) is 52.0 Å². The number of hydrogen-bond donors (Lipinski definition) is 4. The summed E-state index contributed by atoms with van der Waals surface area (Å²) in [6, 6.07) is 6.07. The second-order valence-electron chi connectivity index (χ2n) is 14.8. The highest BCUT2D eigenvalue weighted by molar-refractivity contribution is 5.87. The van der Waals surface area contributed by atoms with Gasteiger partial charge in [-0.2, -0.15) is 0 Å². The molecule has 54 heavy (non-hydrogen) atoms. The lowest BCUT2D eigenvalue weighted by atomic mass is 10.0. The predicted molar refractivity (Wildman–Crippen MR) is 196 cm³/mol. The number of H-pyrrole nitrogens is 2. The van der Waals surface area contributed by atoms with Crippen molar-refractivity contribution in [3.8, 4) is 11.3 Å². The fourth-order valence-electron chi connectivity index (χ4n) is 7.46. The fourth-order valence-corrected chi connectivity index (χ4v) is 7.46. The minimum atomic E-state index is -0.697. The molecule has 2 aromatic heterocycles. The van der Waals surface area contributed by atoms with E-state index in [1.165, 1.54) is 14.2 Å².